The third-order valence-corrected chi connectivity index (χ3v) is 1.77. The molecule has 0 aliphatic heterocycles. The van der Waals surface area contributed by atoms with E-state index in [1.165, 1.54) is 0 Å². The van der Waals surface area contributed by atoms with Crippen molar-refractivity contribution in [3.8, 4) is 0 Å². The van der Waals surface area contributed by atoms with Crippen LogP contribution in [-0.2, 0) is 18.9 Å². The average Bonchev–Trinajstić information content (AvgIpc) is 2.32. The molecule has 96 valence electrons. The summed E-state index contributed by atoms with van der Waals surface area (Å²) in [7, 11) is 1.58. The Hall–Kier alpha value is -0.900. The van der Waals surface area contributed by atoms with Crippen molar-refractivity contribution in [2.75, 3.05) is 27.1 Å². The average molecular weight is 232 g/mol. The fraction of sp³-hybridized carbons (Fsp3) is 0.833. The van der Waals surface area contributed by atoms with Gasteiger partial charge in [-0.25, -0.2) is 0 Å². The molecule has 0 N–H and O–H groups in total. The minimum Gasteiger partial charge on any atom is -0.491 e. The molecule has 0 heterocycles. The lowest BCUT2D eigenvalue weighted by Gasteiger charge is -2.15. The van der Waals surface area contributed by atoms with Gasteiger partial charge in [0.15, 0.2) is 12.6 Å². The van der Waals surface area contributed by atoms with Crippen molar-refractivity contribution < 1.29 is 18.9 Å². The lowest BCUT2D eigenvalue weighted by Crippen LogP contribution is -2.08. The van der Waals surface area contributed by atoms with Gasteiger partial charge in [-0.1, -0.05) is 20.8 Å². The van der Waals surface area contributed by atoms with E-state index in [0.717, 1.165) is 25.0 Å². The molecule has 0 aromatic heterocycles. The van der Waals surface area contributed by atoms with Crippen molar-refractivity contribution in [1.29, 1.82) is 0 Å². The lowest BCUT2D eigenvalue weighted by atomic mass is 10.4. The first-order chi connectivity index (χ1) is 7.79. The van der Waals surface area contributed by atoms with E-state index in [9.17, 15) is 0 Å². The van der Waals surface area contributed by atoms with Crippen LogP contribution in [0.1, 0.15) is 40.0 Å². The van der Waals surface area contributed by atoms with Crippen LogP contribution in [0.25, 0.3) is 0 Å². The molecule has 0 aliphatic carbocycles. The molecule has 0 radical (unpaired) electrons. The monoisotopic (exact) mass is 232 g/mol. The zero-order valence-electron chi connectivity index (χ0n) is 10.9. The molecular weight excluding hydrogens is 208 g/mol. The smallest absolute Gasteiger partial charge is 0.321 e. The Kier molecular flexibility index (Phi) is 10.0. The molecule has 0 rings (SSSR count). The fourth-order valence-electron chi connectivity index (χ4n) is 1.04. The van der Waals surface area contributed by atoms with Gasteiger partial charge in [0.1, 0.15) is 0 Å². The minimum atomic E-state index is 0.179. The van der Waals surface area contributed by atoms with Crippen LogP contribution in [0, 0.1) is 0 Å². The predicted molar refractivity (Wildman–Crippen MR) is 62.8 cm³/mol. The summed E-state index contributed by atoms with van der Waals surface area (Å²) in [5.74, 6) is 1.21. The Morgan fingerprint density at radius 3 is 2.00 bits per heavy atom. The van der Waals surface area contributed by atoms with Crippen LogP contribution < -0.4 is 0 Å². The number of ether oxygens (including phenoxy) is 4. The van der Waals surface area contributed by atoms with E-state index in [4.69, 9.17) is 18.9 Å². The summed E-state index contributed by atoms with van der Waals surface area (Å²) in [6.07, 6.45) is 2.65. The zero-order chi connectivity index (χ0) is 12.2. The third-order valence-electron chi connectivity index (χ3n) is 1.77. The maximum absolute atomic E-state index is 5.57. The molecule has 0 amide bonds. The SMILES string of the molecule is CCCO/C(CC)=C(/OCCC)OCOC. The van der Waals surface area contributed by atoms with Crippen LogP contribution in [0.4, 0.5) is 0 Å². The molecule has 4 nitrogen and oxygen atoms in total. The second kappa shape index (κ2) is 10.6. The zero-order valence-corrected chi connectivity index (χ0v) is 10.9. The summed E-state index contributed by atoms with van der Waals surface area (Å²) in [4.78, 5) is 0. The number of hydrogen-bond acceptors (Lipinski definition) is 4. The summed E-state index contributed by atoms with van der Waals surface area (Å²) in [5.41, 5.74) is 0. The lowest BCUT2D eigenvalue weighted by molar-refractivity contribution is -0.0683. The molecule has 0 saturated heterocycles. The molecule has 0 saturated carbocycles. The second-order valence-corrected chi connectivity index (χ2v) is 3.31. The molecule has 0 atom stereocenters. The molecule has 0 bridgehead atoms. The van der Waals surface area contributed by atoms with Crippen LogP contribution in [0.2, 0.25) is 0 Å². The highest BCUT2D eigenvalue weighted by molar-refractivity contribution is 4.94. The van der Waals surface area contributed by atoms with Gasteiger partial charge in [-0.2, -0.15) is 0 Å². The van der Waals surface area contributed by atoms with Gasteiger partial charge in [0.05, 0.1) is 13.2 Å². The standard InChI is InChI=1S/C12H24O4/c1-5-8-14-11(7-3)12(15-9-6-2)16-10-13-4/h5-10H2,1-4H3/b12-11-. The van der Waals surface area contributed by atoms with E-state index >= 15 is 0 Å². The number of rotatable bonds is 10. The second-order valence-electron chi connectivity index (χ2n) is 3.31. The van der Waals surface area contributed by atoms with Gasteiger partial charge in [-0.15, -0.1) is 0 Å². The Labute approximate surface area is 98.5 Å². The molecule has 0 aliphatic rings. The third kappa shape index (κ3) is 6.56. The van der Waals surface area contributed by atoms with Crippen molar-refractivity contribution in [3.05, 3.63) is 11.7 Å². The minimum absolute atomic E-state index is 0.179. The van der Waals surface area contributed by atoms with Crippen molar-refractivity contribution in [1.82, 2.24) is 0 Å². The van der Waals surface area contributed by atoms with Gasteiger partial charge in [0.25, 0.3) is 0 Å². The van der Waals surface area contributed by atoms with Crippen LogP contribution in [0.15, 0.2) is 11.7 Å². The fourth-order valence-corrected chi connectivity index (χ4v) is 1.04. The molecule has 0 aromatic rings. The van der Waals surface area contributed by atoms with Crippen molar-refractivity contribution >= 4 is 0 Å². The first-order valence-corrected chi connectivity index (χ1v) is 5.90. The molecule has 0 fully saturated rings. The van der Waals surface area contributed by atoms with Crippen molar-refractivity contribution in [2.24, 2.45) is 0 Å². The Morgan fingerprint density at radius 2 is 1.50 bits per heavy atom. The van der Waals surface area contributed by atoms with Gasteiger partial charge >= 0.3 is 5.95 Å². The van der Waals surface area contributed by atoms with Crippen molar-refractivity contribution in [3.63, 3.8) is 0 Å². The van der Waals surface area contributed by atoms with Gasteiger partial charge in [-0.3, -0.25) is 0 Å². The molecule has 16 heavy (non-hydrogen) atoms. The van der Waals surface area contributed by atoms with Gasteiger partial charge in [0.2, 0.25) is 0 Å². The molecule has 0 aromatic carbocycles. The summed E-state index contributed by atoms with van der Waals surface area (Å²) in [5, 5.41) is 0. The van der Waals surface area contributed by atoms with E-state index in [1.807, 2.05) is 13.8 Å². The Balaban J connectivity index is 4.39. The molecule has 0 spiro atoms. The summed E-state index contributed by atoms with van der Waals surface area (Å²) >= 11 is 0. The first-order valence-electron chi connectivity index (χ1n) is 5.90. The Morgan fingerprint density at radius 1 is 0.875 bits per heavy atom. The quantitative estimate of drug-likeness (QED) is 0.428. The normalized spacial score (nSPS) is 12.0. The number of hydrogen-bond donors (Lipinski definition) is 0. The van der Waals surface area contributed by atoms with E-state index in [1.54, 1.807) is 7.11 Å². The highest BCUT2D eigenvalue weighted by Crippen LogP contribution is 2.14. The topological polar surface area (TPSA) is 36.9 Å². The largest absolute Gasteiger partial charge is 0.491 e. The van der Waals surface area contributed by atoms with Crippen molar-refractivity contribution in [2.45, 2.75) is 40.0 Å². The van der Waals surface area contributed by atoms with Crippen LogP contribution in [0.3, 0.4) is 0 Å². The van der Waals surface area contributed by atoms with E-state index in [0.29, 0.717) is 19.2 Å². The van der Waals surface area contributed by atoms with Gasteiger partial charge in [-0.05, 0) is 12.8 Å². The van der Waals surface area contributed by atoms with Gasteiger partial charge < -0.3 is 18.9 Å². The molecule has 0 unspecified atom stereocenters. The summed E-state index contributed by atoms with van der Waals surface area (Å²) < 4.78 is 21.3. The van der Waals surface area contributed by atoms with E-state index in [-0.39, 0.29) is 6.79 Å². The highest BCUT2D eigenvalue weighted by Gasteiger charge is 2.10. The molecular formula is C12H24O4. The van der Waals surface area contributed by atoms with Gasteiger partial charge in [0, 0.05) is 13.5 Å². The highest BCUT2D eigenvalue weighted by atomic mass is 16.7. The van der Waals surface area contributed by atoms with E-state index < -0.39 is 0 Å². The summed E-state index contributed by atoms with van der Waals surface area (Å²) in [6, 6.07) is 0. The van der Waals surface area contributed by atoms with E-state index in [2.05, 4.69) is 6.92 Å². The maximum Gasteiger partial charge on any atom is 0.321 e. The summed E-state index contributed by atoms with van der Waals surface area (Å²) in [6.45, 7) is 7.60. The number of allylic oxidation sites excluding steroid dienone is 1. The maximum atomic E-state index is 5.57. The van der Waals surface area contributed by atoms with Crippen LogP contribution in [-0.4, -0.2) is 27.1 Å². The molecule has 4 heteroatoms. The van der Waals surface area contributed by atoms with Crippen LogP contribution >= 0.6 is 0 Å². The Bertz CT molecular complexity index is 179. The first kappa shape index (κ1) is 15.1. The predicted octanol–water partition coefficient (Wildman–Crippen LogP) is 3.04. The number of methoxy groups -OCH3 is 1. The van der Waals surface area contributed by atoms with Crippen LogP contribution in [0.5, 0.6) is 0 Å².